The number of nitrogens with two attached hydrogens (primary N) is 1. The van der Waals surface area contributed by atoms with Gasteiger partial charge < -0.3 is 15.0 Å². The van der Waals surface area contributed by atoms with Gasteiger partial charge in [0.15, 0.2) is 5.76 Å². The molecule has 14 heteroatoms. The molecule has 0 spiro atoms. The first-order valence-corrected chi connectivity index (χ1v) is 11.7. The van der Waals surface area contributed by atoms with Gasteiger partial charge in [-0.25, -0.2) is 13.2 Å². The van der Waals surface area contributed by atoms with Crippen LogP contribution in [0.4, 0.5) is 0 Å². The zero-order valence-corrected chi connectivity index (χ0v) is 19.1. The highest BCUT2D eigenvalue weighted by molar-refractivity contribution is 7.89. The summed E-state index contributed by atoms with van der Waals surface area (Å²) in [6, 6.07) is 7.15. The van der Waals surface area contributed by atoms with Crippen LogP contribution < -0.4 is 10.5 Å². The fourth-order valence-electron chi connectivity index (χ4n) is 2.77. The fraction of sp³-hybridized carbons (Fsp3) is 0.263. The SMILES string of the molecule is Cc1noc(C)c1S(=O)(=O)NC(CN)C(=O)OC(=O)Cc1nnc(-c2ccc(C#N)cc2)s1. The third kappa shape index (κ3) is 5.65. The van der Waals surface area contributed by atoms with Crippen molar-refractivity contribution in [3.8, 4) is 16.6 Å². The number of nitrogens with zero attached hydrogens (tertiary/aromatic N) is 4. The van der Waals surface area contributed by atoms with E-state index in [1.54, 1.807) is 24.3 Å². The zero-order valence-electron chi connectivity index (χ0n) is 17.4. The number of rotatable bonds is 8. The van der Waals surface area contributed by atoms with Crippen LogP contribution in [0, 0.1) is 25.2 Å². The Morgan fingerprint density at radius 1 is 1.27 bits per heavy atom. The number of hydrogen-bond acceptors (Lipinski definition) is 12. The van der Waals surface area contributed by atoms with Crippen LogP contribution in [0.1, 0.15) is 22.0 Å². The van der Waals surface area contributed by atoms with E-state index in [-0.39, 0.29) is 27.8 Å². The third-order valence-corrected chi connectivity index (χ3v) is 6.98. The number of esters is 2. The number of nitriles is 1. The van der Waals surface area contributed by atoms with Gasteiger partial charge in [-0.2, -0.15) is 9.98 Å². The molecule has 0 fully saturated rings. The molecule has 0 saturated heterocycles. The van der Waals surface area contributed by atoms with Gasteiger partial charge in [0.2, 0.25) is 10.0 Å². The minimum atomic E-state index is -4.20. The summed E-state index contributed by atoms with van der Waals surface area (Å²) in [6.45, 7) is 2.39. The van der Waals surface area contributed by atoms with Crippen molar-refractivity contribution in [1.29, 1.82) is 5.26 Å². The lowest BCUT2D eigenvalue weighted by Gasteiger charge is -2.15. The summed E-state index contributed by atoms with van der Waals surface area (Å²) in [4.78, 5) is 24.3. The normalized spacial score (nSPS) is 12.2. The molecular formula is C19H18N6O6S2. The predicted molar refractivity (Wildman–Crippen MR) is 114 cm³/mol. The number of carbonyl (C=O) groups is 2. The largest absolute Gasteiger partial charge is 0.392 e. The molecule has 3 N–H and O–H groups in total. The van der Waals surface area contributed by atoms with Gasteiger partial charge in [-0.05, 0) is 26.0 Å². The lowest BCUT2D eigenvalue weighted by Crippen LogP contribution is -2.47. The molecule has 0 amide bonds. The molecule has 33 heavy (non-hydrogen) atoms. The van der Waals surface area contributed by atoms with Gasteiger partial charge in [0.25, 0.3) is 0 Å². The molecule has 12 nitrogen and oxygen atoms in total. The molecule has 0 aliphatic carbocycles. The highest BCUT2D eigenvalue weighted by Crippen LogP contribution is 2.24. The lowest BCUT2D eigenvalue weighted by atomic mass is 10.2. The van der Waals surface area contributed by atoms with E-state index in [0.29, 0.717) is 16.1 Å². The number of hydrogen-bond donors (Lipinski definition) is 2. The molecule has 1 atom stereocenters. The molecule has 0 saturated carbocycles. The Labute approximate surface area is 192 Å². The molecule has 1 unspecified atom stereocenters. The summed E-state index contributed by atoms with van der Waals surface area (Å²) in [5.41, 5.74) is 6.81. The van der Waals surface area contributed by atoms with Gasteiger partial charge in [0.1, 0.15) is 33.1 Å². The molecule has 3 rings (SSSR count). The number of ether oxygens (including phenoxy) is 1. The molecule has 3 aromatic rings. The topological polar surface area (TPSA) is 191 Å². The van der Waals surface area contributed by atoms with Crippen molar-refractivity contribution in [3.63, 3.8) is 0 Å². The minimum Gasteiger partial charge on any atom is -0.392 e. The summed E-state index contributed by atoms with van der Waals surface area (Å²) < 4.78 is 36.8. The average Bonchev–Trinajstić information content (AvgIpc) is 3.38. The first kappa shape index (κ1) is 24.1. The number of nitrogens with one attached hydrogen (secondary N) is 1. The molecule has 2 heterocycles. The van der Waals surface area contributed by atoms with E-state index in [0.717, 1.165) is 11.3 Å². The predicted octanol–water partition coefficient (Wildman–Crippen LogP) is 0.600. The van der Waals surface area contributed by atoms with Gasteiger partial charge in [-0.15, -0.1) is 10.2 Å². The van der Waals surface area contributed by atoms with Gasteiger partial charge in [-0.1, -0.05) is 28.6 Å². The molecule has 0 aliphatic heterocycles. The van der Waals surface area contributed by atoms with Crippen molar-refractivity contribution >= 4 is 33.3 Å². The first-order chi connectivity index (χ1) is 15.6. The van der Waals surface area contributed by atoms with E-state index >= 15 is 0 Å². The van der Waals surface area contributed by atoms with Crippen molar-refractivity contribution in [3.05, 3.63) is 46.3 Å². The van der Waals surface area contributed by atoms with Crippen LogP contribution in [0.5, 0.6) is 0 Å². The van der Waals surface area contributed by atoms with Crippen LogP contribution in [0.15, 0.2) is 33.7 Å². The van der Waals surface area contributed by atoms with Gasteiger partial charge >= 0.3 is 11.9 Å². The fourth-order valence-corrected chi connectivity index (χ4v) is 5.13. The maximum atomic E-state index is 12.6. The van der Waals surface area contributed by atoms with Crippen LogP contribution >= 0.6 is 11.3 Å². The van der Waals surface area contributed by atoms with Crippen molar-refractivity contribution in [2.24, 2.45) is 5.73 Å². The second-order valence-electron chi connectivity index (χ2n) is 6.72. The highest BCUT2D eigenvalue weighted by atomic mass is 32.2. The van der Waals surface area contributed by atoms with Crippen LogP contribution in [0.2, 0.25) is 0 Å². The van der Waals surface area contributed by atoms with Crippen molar-refractivity contribution in [2.75, 3.05) is 6.54 Å². The number of benzene rings is 1. The molecule has 0 aliphatic rings. The third-order valence-electron chi connectivity index (χ3n) is 4.29. The van der Waals surface area contributed by atoms with Crippen LogP contribution in [-0.2, 0) is 30.8 Å². The Hall–Kier alpha value is -3.51. The standard InChI is InChI=1S/C19H18N6O6S2/c1-10-17(11(2)31-24-10)33(28,29)25-14(9-21)19(27)30-16(26)7-15-22-23-18(32-15)13-5-3-12(8-20)4-6-13/h3-6,14,25H,7,9,21H2,1-2H3. The van der Waals surface area contributed by atoms with E-state index in [1.807, 2.05) is 6.07 Å². The molecule has 172 valence electrons. The van der Waals surface area contributed by atoms with Crippen molar-refractivity contribution in [1.82, 2.24) is 20.1 Å². The molecule has 2 aromatic heterocycles. The monoisotopic (exact) mass is 490 g/mol. The van der Waals surface area contributed by atoms with E-state index in [4.69, 9.17) is 20.3 Å². The summed E-state index contributed by atoms with van der Waals surface area (Å²) in [5.74, 6) is -2.07. The summed E-state index contributed by atoms with van der Waals surface area (Å²) >= 11 is 1.11. The Bertz CT molecular complexity index is 1300. The van der Waals surface area contributed by atoms with E-state index < -0.39 is 34.5 Å². The molecule has 0 radical (unpaired) electrons. The lowest BCUT2D eigenvalue weighted by molar-refractivity contribution is -0.160. The Kier molecular flexibility index (Phi) is 7.29. The van der Waals surface area contributed by atoms with Crippen molar-refractivity contribution < 1.29 is 27.3 Å². The summed E-state index contributed by atoms with van der Waals surface area (Å²) in [6.07, 6.45) is -0.354. The Balaban J connectivity index is 1.63. The molecule has 1 aromatic carbocycles. The highest BCUT2D eigenvalue weighted by Gasteiger charge is 2.31. The van der Waals surface area contributed by atoms with Gasteiger partial charge in [0.05, 0.1) is 11.6 Å². The van der Waals surface area contributed by atoms with Gasteiger partial charge in [0, 0.05) is 12.1 Å². The zero-order chi connectivity index (χ0) is 24.2. The molecule has 0 bridgehead atoms. The number of carbonyl (C=O) groups excluding carboxylic acids is 2. The van der Waals surface area contributed by atoms with E-state index in [2.05, 4.69) is 20.1 Å². The van der Waals surface area contributed by atoms with E-state index in [9.17, 15) is 18.0 Å². The number of sulfonamides is 1. The summed E-state index contributed by atoms with van der Waals surface area (Å²) in [7, 11) is -4.20. The Morgan fingerprint density at radius 3 is 2.55 bits per heavy atom. The minimum absolute atomic E-state index is 0.0366. The second-order valence-corrected chi connectivity index (χ2v) is 9.44. The second kappa shape index (κ2) is 9.96. The molecular weight excluding hydrogens is 472 g/mol. The maximum Gasteiger partial charge on any atom is 0.333 e. The first-order valence-electron chi connectivity index (χ1n) is 9.37. The van der Waals surface area contributed by atoms with Crippen LogP contribution in [0.25, 0.3) is 10.6 Å². The van der Waals surface area contributed by atoms with Crippen LogP contribution in [-0.4, -0.2) is 48.3 Å². The van der Waals surface area contributed by atoms with Crippen LogP contribution in [0.3, 0.4) is 0 Å². The summed E-state index contributed by atoms with van der Waals surface area (Å²) in [5, 5.41) is 21.1. The smallest absolute Gasteiger partial charge is 0.333 e. The average molecular weight is 491 g/mol. The van der Waals surface area contributed by atoms with E-state index in [1.165, 1.54) is 13.8 Å². The maximum absolute atomic E-state index is 12.6. The number of aryl methyl sites for hydroxylation is 2. The van der Waals surface area contributed by atoms with Gasteiger partial charge in [-0.3, -0.25) is 4.79 Å². The van der Waals surface area contributed by atoms with Crippen molar-refractivity contribution in [2.45, 2.75) is 31.2 Å². The number of aromatic nitrogens is 3. The quantitative estimate of drug-likeness (QED) is 0.332. The Morgan fingerprint density at radius 2 is 1.97 bits per heavy atom.